The van der Waals surface area contributed by atoms with Gasteiger partial charge in [0.25, 0.3) is 0 Å². The van der Waals surface area contributed by atoms with Crippen molar-refractivity contribution in [1.29, 1.82) is 0 Å². The minimum atomic E-state index is 0.709. The molecule has 0 aromatic carbocycles. The number of hydrogen-bond acceptors (Lipinski definition) is 0. The summed E-state index contributed by atoms with van der Waals surface area (Å²) in [6.45, 7) is 8.93. The quantitative estimate of drug-likeness (QED) is 0.505. The summed E-state index contributed by atoms with van der Waals surface area (Å²) in [5, 5.41) is 0. The van der Waals surface area contributed by atoms with Gasteiger partial charge in [-0.05, 0) is 61.7 Å². The Kier molecular flexibility index (Phi) is 5.54. The number of allylic oxidation sites excluding steroid dienone is 1. The second-order valence-corrected chi connectivity index (χ2v) is 7.33. The predicted octanol–water partition coefficient (Wildman–Crippen LogP) is 6.37. The molecule has 0 heterocycles. The van der Waals surface area contributed by atoms with Crippen LogP contribution >= 0.6 is 0 Å². The molecule has 110 valence electrons. The van der Waals surface area contributed by atoms with Gasteiger partial charge in [0.05, 0.1) is 0 Å². The van der Waals surface area contributed by atoms with Crippen LogP contribution in [0.3, 0.4) is 0 Å². The van der Waals surface area contributed by atoms with E-state index in [1.165, 1.54) is 70.6 Å². The standard InChI is InChI=1S/C19H34/c1-4-9-16(3)19(14-7-6-8-15-19)18-12-10-17(5-2)11-13-18/h5,16-18H,2,4,6-15H2,1,3H3/t16-,17?,18?/m0/s1. The van der Waals surface area contributed by atoms with E-state index in [0.717, 1.165) is 17.8 Å². The molecule has 0 spiro atoms. The minimum Gasteiger partial charge on any atom is -0.103 e. The van der Waals surface area contributed by atoms with Gasteiger partial charge < -0.3 is 0 Å². The van der Waals surface area contributed by atoms with Gasteiger partial charge in [0.2, 0.25) is 0 Å². The molecule has 0 radical (unpaired) electrons. The fourth-order valence-electron chi connectivity index (χ4n) is 5.16. The van der Waals surface area contributed by atoms with Gasteiger partial charge in [0.15, 0.2) is 0 Å². The van der Waals surface area contributed by atoms with E-state index in [-0.39, 0.29) is 0 Å². The van der Waals surface area contributed by atoms with E-state index in [9.17, 15) is 0 Å². The lowest BCUT2D eigenvalue weighted by Crippen LogP contribution is -2.40. The lowest BCUT2D eigenvalue weighted by Gasteiger charge is -2.50. The van der Waals surface area contributed by atoms with Crippen molar-refractivity contribution in [2.24, 2.45) is 23.2 Å². The lowest BCUT2D eigenvalue weighted by molar-refractivity contribution is 0.00290. The van der Waals surface area contributed by atoms with Crippen LogP contribution in [0.4, 0.5) is 0 Å². The van der Waals surface area contributed by atoms with Crippen LogP contribution in [0.25, 0.3) is 0 Å². The van der Waals surface area contributed by atoms with Gasteiger partial charge in [0, 0.05) is 0 Å². The molecule has 2 saturated carbocycles. The Morgan fingerprint density at radius 1 is 1.11 bits per heavy atom. The second-order valence-electron chi connectivity index (χ2n) is 7.33. The first-order valence-electron chi connectivity index (χ1n) is 8.85. The molecule has 2 aliphatic rings. The zero-order valence-corrected chi connectivity index (χ0v) is 13.3. The summed E-state index contributed by atoms with van der Waals surface area (Å²) >= 11 is 0. The SMILES string of the molecule is C=CC1CCC(C2([C@@H](C)CCC)CCCCC2)CC1. The van der Waals surface area contributed by atoms with Crippen LogP contribution in [-0.4, -0.2) is 0 Å². The minimum absolute atomic E-state index is 0.709. The van der Waals surface area contributed by atoms with E-state index in [1.54, 1.807) is 0 Å². The first-order valence-corrected chi connectivity index (χ1v) is 8.85. The van der Waals surface area contributed by atoms with Crippen LogP contribution < -0.4 is 0 Å². The Balaban J connectivity index is 2.07. The molecule has 0 heteroatoms. The normalized spacial score (nSPS) is 32.7. The van der Waals surface area contributed by atoms with Crippen molar-refractivity contribution in [1.82, 2.24) is 0 Å². The summed E-state index contributed by atoms with van der Waals surface area (Å²) in [6, 6.07) is 0. The number of hydrogen-bond donors (Lipinski definition) is 0. The monoisotopic (exact) mass is 262 g/mol. The molecule has 1 atom stereocenters. The van der Waals surface area contributed by atoms with Crippen molar-refractivity contribution in [3.05, 3.63) is 12.7 Å². The highest BCUT2D eigenvalue weighted by molar-refractivity contribution is 4.96. The van der Waals surface area contributed by atoms with Gasteiger partial charge in [-0.2, -0.15) is 0 Å². The van der Waals surface area contributed by atoms with Gasteiger partial charge in [-0.1, -0.05) is 52.0 Å². The van der Waals surface area contributed by atoms with E-state index >= 15 is 0 Å². The topological polar surface area (TPSA) is 0 Å². The molecule has 19 heavy (non-hydrogen) atoms. The zero-order chi connectivity index (χ0) is 13.7. The van der Waals surface area contributed by atoms with Crippen molar-refractivity contribution < 1.29 is 0 Å². The van der Waals surface area contributed by atoms with E-state index in [1.807, 2.05) is 0 Å². The highest BCUT2D eigenvalue weighted by Gasteiger charge is 2.44. The summed E-state index contributed by atoms with van der Waals surface area (Å²) < 4.78 is 0. The van der Waals surface area contributed by atoms with Gasteiger partial charge in [-0.15, -0.1) is 6.58 Å². The molecule has 0 amide bonds. The highest BCUT2D eigenvalue weighted by atomic mass is 14.5. The molecular weight excluding hydrogens is 228 g/mol. The maximum absolute atomic E-state index is 4.00. The van der Waals surface area contributed by atoms with Crippen LogP contribution in [0.15, 0.2) is 12.7 Å². The Labute approximate surface area is 121 Å². The maximum Gasteiger partial charge on any atom is -0.0236 e. The van der Waals surface area contributed by atoms with E-state index in [0.29, 0.717) is 5.41 Å². The van der Waals surface area contributed by atoms with Crippen molar-refractivity contribution in [3.8, 4) is 0 Å². The Bertz CT molecular complexity index is 264. The van der Waals surface area contributed by atoms with Crippen LogP contribution in [0.1, 0.15) is 84.5 Å². The van der Waals surface area contributed by atoms with Crippen molar-refractivity contribution in [2.75, 3.05) is 0 Å². The first-order chi connectivity index (χ1) is 9.23. The van der Waals surface area contributed by atoms with E-state index in [2.05, 4.69) is 26.5 Å². The molecule has 2 fully saturated rings. The van der Waals surface area contributed by atoms with E-state index < -0.39 is 0 Å². The summed E-state index contributed by atoms with van der Waals surface area (Å²) in [7, 11) is 0. The number of rotatable bonds is 5. The van der Waals surface area contributed by atoms with Crippen LogP contribution in [0, 0.1) is 23.2 Å². The molecule has 0 unspecified atom stereocenters. The van der Waals surface area contributed by atoms with Crippen molar-refractivity contribution >= 4 is 0 Å². The Morgan fingerprint density at radius 3 is 2.26 bits per heavy atom. The second kappa shape index (κ2) is 6.95. The summed E-state index contributed by atoms with van der Waals surface area (Å²) in [6.07, 6.45) is 18.3. The zero-order valence-electron chi connectivity index (χ0n) is 13.3. The molecule has 0 N–H and O–H groups in total. The lowest BCUT2D eigenvalue weighted by atomic mass is 9.55. The maximum atomic E-state index is 4.00. The van der Waals surface area contributed by atoms with Crippen LogP contribution in [0.2, 0.25) is 0 Å². The third-order valence-corrected chi connectivity index (χ3v) is 6.41. The molecule has 0 aromatic rings. The molecule has 0 nitrogen and oxygen atoms in total. The molecule has 0 saturated heterocycles. The summed E-state index contributed by atoms with van der Waals surface area (Å²) in [4.78, 5) is 0. The third kappa shape index (κ3) is 3.26. The molecule has 0 bridgehead atoms. The predicted molar refractivity (Wildman–Crippen MR) is 85.2 cm³/mol. The smallest absolute Gasteiger partial charge is 0.0236 e. The van der Waals surface area contributed by atoms with Gasteiger partial charge in [-0.3, -0.25) is 0 Å². The van der Waals surface area contributed by atoms with E-state index in [4.69, 9.17) is 0 Å². The van der Waals surface area contributed by atoms with Crippen molar-refractivity contribution in [3.63, 3.8) is 0 Å². The molecule has 0 aromatic heterocycles. The first kappa shape index (κ1) is 15.1. The fraction of sp³-hybridized carbons (Fsp3) is 0.895. The average Bonchev–Trinajstić information content (AvgIpc) is 2.48. The molecule has 0 aliphatic heterocycles. The molecular formula is C19H34. The average molecular weight is 262 g/mol. The molecule has 2 aliphatic carbocycles. The fourth-order valence-corrected chi connectivity index (χ4v) is 5.16. The van der Waals surface area contributed by atoms with Crippen molar-refractivity contribution in [2.45, 2.75) is 84.5 Å². The Morgan fingerprint density at radius 2 is 1.74 bits per heavy atom. The highest BCUT2D eigenvalue weighted by Crippen LogP contribution is 2.54. The van der Waals surface area contributed by atoms with Gasteiger partial charge in [-0.25, -0.2) is 0 Å². The van der Waals surface area contributed by atoms with Gasteiger partial charge >= 0.3 is 0 Å². The largest absolute Gasteiger partial charge is 0.103 e. The summed E-state index contributed by atoms with van der Waals surface area (Å²) in [5.74, 6) is 2.78. The van der Waals surface area contributed by atoms with Gasteiger partial charge in [0.1, 0.15) is 0 Å². The Hall–Kier alpha value is -0.260. The van der Waals surface area contributed by atoms with Crippen LogP contribution in [-0.2, 0) is 0 Å². The molecule has 2 rings (SSSR count). The summed E-state index contributed by atoms with van der Waals surface area (Å²) in [5.41, 5.74) is 0.709. The third-order valence-electron chi connectivity index (χ3n) is 6.41. The van der Waals surface area contributed by atoms with Crippen LogP contribution in [0.5, 0.6) is 0 Å².